The molecule has 0 saturated carbocycles. The molecule has 5 heteroatoms. The number of piperidine rings is 1. The molecule has 0 radical (unpaired) electrons. The highest BCUT2D eigenvalue weighted by molar-refractivity contribution is 5.94. The van der Waals surface area contributed by atoms with Crippen molar-refractivity contribution < 1.29 is 9.32 Å². The second kappa shape index (κ2) is 8.40. The van der Waals surface area contributed by atoms with Crippen molar-refractivity contribution in [1.29, 1.82) is 0 Å². The fourth-order valence-corrected chi connectivity index (χ4v) is 3.72. The standard InChI is InChI=1S/C23H25N3O2/c1-26(16-21-14-22(28-25-21)17-7-3-2-4-8-17)23(27)19-10-5-9-18(13-19)20-11-6-12-24-15-20/h2-5,7-10,13-14,20,24H,6,11-12,15-16H2,1H3/t20-/m1/s1. The van der Waals surface area contributed by atoms with Crippen LogP contribution in [-0.4, -0.2) is 36.1 Å². The topological polar surface area (TPSA) is 58.4 Å². The van der Waals surface area contributed by atoms with Gasteiger partial charge in [0, 0.05) is 30.8 Å². The number of hydrogen-bond acceptors (Lipinski definition) is 4. The Kier molecular flexibility index (Phi) is 5.53. The molecule has 1 atom stereocenters. The van der Waals surface area contributed by atoms with Crippen LogP contribution in [0.15, 0.2) is 65.2 Å². The van der Waals surface area contributed by atoms with Gasteiger partial charge in [-0.3, -0.25) is 4.79 Å². The molecule has 0 bridgehead atoms. The molecule has 2 heterocycles. The van der Waals surface area contributed by atoms with Gasteiger partial charge in [-0.15, -0.1) is 0 Å². The highest BCUT2D eigenvalue weighted by atomic mass is 16.5. The highest BCUT2D eigenvalue weighted by Crippen LogP contribution is 2.25. The lowest BCUT2D eigenvalue weighted by Gasteiger charge is -2.24. The Morgan fingerprint density at radius 3 is 2.82 bits per heavy atom. The molecule has 3 aromatic rings. The first-order valence-corrected chi connectivity index (χ1v) is 9.78. The van der Waals surface area contributed by atoms with Gasteiger partial charge in [-0.1, -0.05) is 47.6 Å². The van der Waals surface area contributed by atoms with Gasteiger partial charge in [0.15, 0.2) is 5.76 Å². The summed E-state index contributed by atoms with van der Waals surface area (Å²) in [6.45, 7) is 2.47. The lowest BCUT2D eigenvalue weighted by molar-refractivity contribution is 0.0782. The summed E-state index contributed by atoms with van der Waals surface area (Å²) in [5, 5.41) is 7.56. The fourth-order valence-electron chi connectivity index (χ4n) is 3.72. The Hall–Kier alpha value is -2.92. The van der Waals surface area contributed by atoms with Crippen molar-refractivity contribution >= 4 is 5.91 Å². The number of nitrogens with zero attached hydrogens (tertiary/aromatic N) is 2. The number of carbonyl (C=O) groups is 1. The van der Waals surface area contributed by atoms with E-state index in [1.165, 1.54) is 18.4 Å². The van der Waals surface area contributed by atoms with Crippen molar-refractivity contribution in [3.8, 4) is 11.3 Å². The smallest absolute Gasteiger partial charge is 0.253 e. The van der Waals surface area contributed by atoms with Crippen molar-refractivity contribution in [3.63, 3.8) is 0 Å². The molecule has 0 aliphatic carbocycles. The largest absolute Gasteiger partial charge is 0.356 e. The molecule has 5 nitrogen and oxygen atoms in total. The molecule has 28 heavy (non-hydrogen) atoms. The van der Waals surface area contributed by atoms with Gasteiger partial charge in [-0.25, -0.2) is 0 Å². The number of nitrogens with one attached hydrogen (secondary N) is 1. The predicted molar refractivity (Wildman–Crippen MR) is 109 cm³/mol. The van der Waals surface area contributed by atoms with E-state index in [2.05, 4.69) is 16.5 Å². The van der Waals surface area contributed by atoms with E-state index in [0.29, 0.717) is 18.2 Å². The molecule has 1 aliphatic heterocycles. The Morgan fingerprint density at radius 2 is 2.04 bits per heavy atom. The molecule has 1 saturated heterocycles. The number of benzene rings is 2. The molecular formula is C23H25N3O2. The van der Waals surface area contributed by atoms with Crippen LogP contribution in [0, 0.1) is 0 Å². The summed E-state index contributed by atoms with van der Waals surface area (Å²) in [5.41, 5.74) is 3.67. The summed E-state index contributed by atoms with van der Waals surface area (Å²) < 4.78 is 5.44. The summed E-state index contributed by atoms with van der Waals surface area (Å²) in [4.78, 5) is 14.6. The fraction of sp³-hybridized carbons (Fsp3) is 0.304. The third-order valence-corrected chi connectivity index (χ3v) is 5.26. The van der Waals surface area contributed by atoms with Gasteiger partial charge in [0.2, 0.25) is 0 Å². The van der Waals surface area contributed by atoms with Gasteiger partial charge in [0.05, 0.1) is 6.54 Å². The second-order valence-corrected chi connectivity index (χ2v) is 7.38. The van der Waals surface area contributed by atoms with Gasteiger partial charge in [0.25, 0.3) is 5.91 Å². The minimum Gasteiger partial charge on any atom is -0.356 e. The maximum Gasteiger partial charge on any atom is 0.253 e. The van der Waals surface area contributed by atoms with Crippen LogP contribution in [0.2, 0.25) is 0 Å². The molecule has 1 amide bonds. The van der Waals surface area contributed by atoms with E-state index in [9.17, 15) is 4.79 Å². The van der Waals surface area contributed by atoms with Crippen molar-refractivity contribution in [2.24, 2.45) is 0 Å². The maximum absolute atomic E-state index is 12.9. The Labute approximate surface area is 165 Å². The summed E-state index contributed by atoms with van der Waals surface area (Å²) in [5.74, 6) is 1.19. The highest BCUT2D eigenvalue weighted by Gasteiger charge is 2.19. The predicted octanol–water partition coefficient (Wildman–Crippen LogP) is 4.08. The van der Waals surface area contributed by atoms with E-state index < -0.39 is 0 Å². The first-order valence-electron chi connectivity index (χ1n) is 9.78. The monoisotopic (exact) mass is 375 g/mol. The molecule has 1 N–H and O–H groups in total. The van der Waals surface area contributed by atoms with Crippen LogP contribution in [0.4, 0.5) is 0 Å². The summed E-state index contributed by atoms with van der Waals surface area (Å²) in [7, 11) is 1.80. The Bertz CT molecular complexity index is 930. The summed E-state index contributed by atoms with van der Waals surface area (Å²) in [6.07, 6.45) is 2.35. The van der Waals surface area contributed by atoms with E-state index in [0.717, 1.165) is 29.9 Å². The molecule has 2 aromatic carbocycles. The third-order valence-electron chi connectivity index (χ3n) is 5.26. The summed E-state index contributed by atoms with van der Waals surface area (Å²) >= 11 is 0. The molecule has 4 rings (SSSR count). The van der Waals surface area contributed by atoms with E-state index in [1.54, 1.807) is 11.9 Å². The normalized spacial score (nSPS) is 16.7. The van der Waals surface area contributed by atoms with Gasteiger partial charge < -0.3 is 14.7 Å². The van der Waals surface area contributed by atoms with Gasteiger partial charge >= 0.3 is 0 Å². The molecule has 0 spiro atoms. The van der Waals surface area contributed by atoms with Crippen molar-refractivity contribution in [1.82, 2.24) is 15.4 Å². The minimum atomic E-state index is -0.00474. The van der Waals surface area contributed by atoms with Crippen LogP contribution in [0.3, 0.4) is 0 Å². The zero-order chi connectivity index (χ0) is 19.3. The molecule has 1 fully saturated rings. The van der Waals surface area contributed by atoms with Crippen molar-refractivity contribution in [3.05, 3.63) is 77.5 Å². The molecule has 144 valence electrons. The Balaban J connectivity index is 1.44. The number of rotatable bonds is 5. The van der Waals surface area contributed by atoms with E-state index in [1.807, 2.05) is 54.6 Å². The van der Waals surface area contributed by atoms with Crippen LogP contribution in [0.5, 0.6) is 0 Å². The minimum absolute atomic E-state index is 0.00474. The number of hydrogen-bond donors (Lipinski definition) is 1. The van der Waals surface area contributed by atoms with Crippen LogP contribution >= 0.6 is 0 Å². The van der Waals surface area contributed by atoms with Gasteiger partial charge in [-0.05, 0) is 43.0 Å². The molecular weight excluding hydrogens is 350 g/mol. The third kappa shape index (κ3) is 4.15. The van der Waals surface area contributed by atoms with Crippen LogP contribution < -0.4 is 5.32 Å². The Morgan fingerprint density at radius 1 is 1.18 bits per heavy atom. The summed E-state index contributed by atoms with van der Waals surface area (Å²) in [6, 6.07) is 19.8. The second-order valence-electron chi connectivity index (χ2n) is 7.38. The van der Waals surface area contributed by atoms with E-state index in [4.69, 9.17) is 4.52 Å². The maximum atomic E-state index is 12.9. The zero-order valence-electron chi connectivity index (χ0n) is 16.1. The van der Waals surface area contributed by atoms with Crippen LogP contribution in [-0.2, 0) is 6.54 Å². The first-order chi connectivity index (χ1) is 13.7. The van der Waals surface area contributed by atoms with Crippen LogP contribution in [0.25, 0.3) is 11.3 Å². The molecule has 1 aliphatic rings. The van der Waals surface area contributed by atoms with E-state index in [-0.39, 0.29) is 5.91 Å². The lowest BCUT2D eigenvalue weighted by atomic mass is 9.90. The van der Waals surface area contributed by atoms with Crippen molar-refractivity contribution in [2.45, 2.75) is 25.3 Å². The molecule has 0 unspecified atom stereocenters. The first kappa shape index (κ1) is 18.4. The van der Waals surface area contributed by atoms with Gasteiger partial charge in [-0.2, -0.15) is 0 Å². The van der Waals surface area contributed by atoms with Crippen LogP contribution in [0.1, 0.15) is 40.4 Å². The average Bonchev–Trinajstić information content (AvgIpc) is 3.23. The number of aromatic nitrogens is 1. The average molecular weight is 375 g/mol. The SMILES string of the molecule is CN(Cc1cc(-c2ccccc2)on1)C(=O)c1cccc([C@@H]2CCCNC2)c1. The number of carbonyl (C=O) groups excluding carboxylic acids is 1. The molecule has 1 aromatic heterocycles. The number of amides is 1. The van der Waals surface area contributed by atoms with Crippen molar-refractivity contribution in [2.75, 3.05) is 20.1 Å². The zero-order valence-corrected chi connectivity index (χ0v) is 16.1. The lowest BCUT2D eigenvalue weighted by Crippen LogP contribution is -2.29. The van der Waals surface area contributed by atoms with Gasteiger partial charge in [0.1, 0.15) is 5.69 Å². The van der Waals surface area contributed by atoms with E-state index >= 15 is 0 Å². The quantitative estimate of drug-likeness (QED) is 0.730.